The molecule has 0 saturated carbocycles. The molecule has 4 aromatic rings. The third kappa shape index (κ3) is 3.04. The summed E-state index contributed by atoms with van der Waals surface area (Å²) in [4.78, 5) is 12.8. The van der Waals surface area contributed by atoms with E-state index in [0.717, 1.165) is 27.8 Å². The summed E-state index contributed by atoms with van der Waals surface area (Å²) in [6.07, 6.45) is 0.824. The number of thiazole rings is 2. The summed E-state index contributed by atoms with van der Waals surface area (Å²) in [5.41, 5.74) is 5.70. The summed E-state index contributed by atoms with van der Waals surface area (Å²) in [6.45, 7) is 4.14. The summed E-state index contributed by atoms with van der Waals surface area (Å²) in [5.74, 6) is 0. The third-order valence-electron chi connectivity index (χ3n) is 3.67. The lowest BCUT2D eigenvalue weighted by molar-refractivity contribution is 1.08. The predicted octanol–water partition coefficient (Wildman–Crippen LogP) is 5.38. The zero-order chi connectivity index (χ0) is 15.1. The highest BCUT2D eigenvalue weighted by Crippen LogP contribution is 2.33. The van der Waals surface area contributed by atoms with Crippen molar-refractivity contribution < 1.29 is 0 Å². The molecule has 0 saturated heterocycles. The average molecular weight is 362 g/mol. The van der Waals surface area contributed by atoms with Gasteiger partial charge in [0.2, 0.25) is 0 Å². The molecule has 118 valence electrons. The van der Waals surface area contributed by atoms with Crippen LogP contribution in [0.15, 0.2) is 35.0 Å². The van der Waals surface area contributed by atoms with Gasteiger partial charge in [0.15, 0.2) is 0 Å². The molecule has 0 spiro atoms. The number of nitrogens with one attached hydrogen (secondary N) is 1. The molecule has 0 amide bonds. The van der Waals surface area contributed by atoms with E-state index in [1.165, 1.54) is 22.2 Å². The first-order valence-corrected chi connectivity index (χ1v) is 8.90. The molecule has 0 bridgehead atoms. The van der Waals surface area contributed by atoms with Gasteiger partial charge in [0.25, 0.3) is 0 Å². The summed E-state index contributed by atoms with van der Waals surface area (Å²) in [5, 5.41) is 7.73. The summed E-state index contributed by atoms with van der Waals surface area (Å²) in [6, 6.07) is 8.39. The normalized spacial score (nSPS) is 10.9. The van der Waals surface area contributed by atoms with Crippen LogP contribution in [0.3, 0.4) is 0 Å². The first-order chi connectivity index (χ1) is 10.7. The van der Waals surface area contributed by atoms with Crippen molar-refractivity contribution in [2.24, 2.45) is 0 Å². The number of nitrogens with zero attached hydrogens (tertiary/aromatic N) is 2. The van der Waals surface area contributed by atoms with Crippen LogP contribution in [0.2, 0.25) is 0 Å². The Hall–Kier alpha value is -1.69. The molecule has 0 unspecified atom stereocenters. The number of rotatable bonds is 3. The van der Waals surface area contributed by atoms with Crippen LogP contribution < -0.4 is 0 Å². The smallest absolute Gasteiger partial charge is 0.100 e. The highest BCUT2D eigenvalue weighted by Gasteiger charge is 2.14. The predicted molar refractivity (Wildman–Crippen MR) is 101 cm³/mol. The van der Waals surface area contributed by atoms with Gasteiger partial charge in [0.1, 0.15) is 5.01 Å². The molecule has 3 nitrogen and oxygen atoms in total. The fourth-order valence-corrected chi connectivity index (χ4v) is 4.38. The number of hydrogen-bond acceptors (Lipinski definition) is 4. The second-order valence-electron chi connectivity index (χ2n) is 5.36. The number of aryl methyl sites for hydroxylation is 2. The van der Waals surface area contributed by atoms with E-state index in [9.17, 15) is 0 Å². The van der Waals surface area contributed by atoms with Crippen LogP contribution in [0.1, 0.15) is 21.4 Å². The minimum absolute atomic E-state index is 0. The van der Waals surface area contributed by atoms with Gasteiger partial charge in [-0.3, -0.25) is 0 Å². The fraction of sp³-hybridized carbons (Fsp3) is 0.176. The van der Waals surface area contributed by atoms with Gasteiger partial charge in [-0.2, -0.15) is 0 Å². The first kappa shape index (κ1) is 16.2. The first-order valence-electron chi connectivity index (χ1n) is 7.14. The van der Waals surface area contributed by atoms with E-state index in [1.54, 1.807) is 22.7 Å². The number of fused-ring (bicyclic) bond motifs is 1. The molecular formula is C17H16ClN3S2. The van der Waals surface area contributed by atoms with Gasteiger partial charge in [0, 0.05) is 38.6 Å². The SMILES string of the molecule is Cc1csc(Cc2nc(-c3c(C)[nH]c4ccccc34)cs2)n1.Cl. The van der Waals surface area contributed by atoms with Crippen molar-refractivity contribution in [3.8, 4) is 11.3 Å². The Balaban J connectivity index is 0.00000156. The lowest BCUT2D eigenvalue weighted by Gasteiger charge is -1.96. The molecule has 0 atom stereocenters. The number of hydrogen-bond donors (Lipinski definition) is 1. The number of halogens is 1. The Kier molecular flexibility index (Phi) is 4.53. The van der Waals surface area contributed by atoms with Gasteiger partial charge in [-0.1, -0.05) is 18.2 Å². The maximum absolute atomic E-state index is 4.83. The fourth-order valence-electron chi connectivity index (χ4n) is 2.73. The van der Waals surface area contributed by atoms with Crippen LogP contribution >= 0.6 is 35.1 Å². The lowest BCUT2D eigenvalue weighted by atomic mass is 10.1. The lowest BCUT2D eigenvalue weighted by Crippen LogP contribution is -1.87. The van der Waals surface area contributed by atoms with E-state index >= 15 is 0 Å². The van der Waals surface area contributed by atoms with E-state index in [0.29, 0.717) is 0 Å². The Morgan fingerprint density at radius 1 is 1.00 bits per heavy atom. The largest absolute Gasteiger partial charge is 0.358 e. The quantitative estimate of drug-likeness (QED) is 0.532. The molecule has 0 aliphatic rings. The van der Waals surface area contributed by atoms with Crippen molar-refractivity contribution in [2.45, 2.75) is 20.3 Å². The minimum atomic E-state index is 0. The van der Waals surface area contributed by atoms with Gasteiger partial charge >= 0.3 is 0 Å². The standard InChI is InChI=1S/C17H15N3S2.ClH/c1-10-8-21-15(18-10)7-16-20-14(9-22-16)17-11(2)19-13-6-4-3-5-12(13)17;/h3-6,8-9,19H,7H2,1-2H3;1H. The summed E-state index contributed by atoms with van der Waals surface area (Å²) in [7, 11) is 0. The van der Waals surface area contributed by atoms with Crippen molar-refractivity contribution in [3.05, 3.63) is 56.4 Å². The molecule has 1 N–H and O–H groups in total. The number of para-hydroxylation sites is 1. The van der Waals surface area contributed by atoms with Crippen LogP contribution in [0.4, 0.5) is 0 Å². The molecule has 6 heteroatoms. The maximum Gasteiger partial charge on any atom is 0.100 e. The Morgan fingerprint density at radius 2 is 1.74 bits per heavy atom. The van der Waals surface area contributed by atoms with Crippen molar-refractivity contribution in [1.29, 1.82) is 0 Å². The van der Waals surface area contributed by atoms with Crippen LogP contribution in [0.25, 0.3) is 22.2 Å². The van der Waals surface area contributed by atoms with Crippen molar-refractivity contribution in [1.82, 2.24) is 15.0 Å². The molecule has 3 heterocycles. The molecule has 0 aliphatic carbocycles. The van der Waals surface area contributed by atoms with E-state index in [1.807, 2.05) is 6.92 Å². The van der Waals surface area contributed by atoms with E-state index in [2.05, 4.69) is 51.9 Å². The van der Waals surface area contributed by atoms with Crippen molar-refractivity contribution >= 4 is 46.0 Å². The monoisotopic (exact) mass is 361 g/mol. The van der Waals surface area contributed by atoms with Gasteiger partial charge in [-0.15, -0.1) is 35.1 Å². The number of aromatic amines is 1. The number of benzene rings is 1. The second kappa shape index (κ2) is 6.43. The third-order valence-corrected chi connectivity index (χ3v) is 5.49. The minimum Gasteiger partial charge on any atom is -0.358 e. The van der Waals surface area contributed by atoms with E-state index < -0.39 is 0 Å². The molecule has 4 rings (SSSR count). The molecule has 0 fully saturated rings. The number of aromatic nitrogens is 3. The van der Waals surface area contributed by atoms with Crippen molar-refractivity contribution in [3.63, 3.8) is 0 Å². The van der Waals surface area contributed by atoms with E-state index in [-0.39, 0.29) is 12.4 Å². The highest BCUT2D eigenvalue weighted by molar-refractivity contribution is 7.11. The van der Waals surface area contributed by atoms with Crippen LogP contribution in [0.5, 0.6) is 0 Å². The van der Waals surface area contributed by atoms with Gasteiger partial charge in [-0.25, -0.2) is 9.97 Å². The Morgan fingerprint density at radius 3 is 2.52 bits per heavy atom. The topological polar surface area (TPSA) is 41.6 Å². The average Bonchev–Trinajstić information content (AvgIpc) is 3.18. The molecule has 1 aromatic carbocycles. The molecule has 0 radical (unpaired) electrons. The Bertz CT molecular complexity index is 952. The van der Waals surface area contributed by atoms with Gasteiger partial charge < -0.3 is 4.98 Å². The van der Waals surface area contributed by atoms with Crippen LogP contribution in [0, 0.1) is 13.8 Å². The van der Waals surface area contributed by atoms with Gasteiger partial charge in [0.05, 0.1) is 17.1 Å². The second-order valence-corrected chi connectivity index (χ2v) is 7.24. The molecule has 0 aliphatic heterocycles. The molecular weight excluding hydrogens is 346 g/mol. The molecule has 3 aromatic heterocycles. The van der Waals surface area contributed by atoms with Crippen molar-refractivity contribution in [2.75, 3.05) is 0 Å². The zero-order valence-electron chi connectivity index (χ0n) is 12.8. The van der Waals surface area contributed by atoms with Gasteiger partial charge in [-0.05, 0) is 19.9 Å². The van der Waals surface area contributed by atoms with E-state index in [4.69, 9.17) is 4.98 Å². The molecule has 23 heavy (non-hydrogen) atoms. The zero-order valence-corrected chi connectivity index (χ0v) is 15.2. The Labute approximate surface area is 148 Å². The highest BCUT2D eigenvalue weighted by atomic mass is 35.5. The van der Waals surface area contributed by atoms with Crippen LogP contribution in [-0.2, 0) is 6.42 Å². The summed E-state index contributed by atoms with van der Waals surface area (Å²) < 4.78 is 0. The summed E-state index contributed by atoms with van der Waals surface area (Å²) >= 11 is 3.42. The number of H-pyrrole nitrogens is 1. The van der Waals surface area contributed by atoms with Crippen LogP contribution in [-0.4, -0.2) is 15.0 Å². The maximum atomic E-state index is 4.83.